The minimum Gasteiger partial charge on any atom is -0.444 e. The molecule has 0 aliphatic carbocycles. The van der Waals surface area contributed by atoms with E-state index in [9.17, 15) is 9.90 Å². The van der Waals surface area contributed by atoms with Crippen LogP contribution in [0.1, 0.15) is 17.8 Å². The van der Waals surface area contributed by atoms with Crippen molar-refractivity contribution in [3.8, 4) is 11.5 Å². The van der Waals surface area contributed by atoms with Crippen molar-refractivity contribution in [2.24, 2.45) is 7.05 Å². The fourth-order valence-electron chi connectivity index (χ4n) is 3.89. The topological polar surface area (TPSA) is 122 Å². The third-order valence-corrected chi connectivity index (χ3v) is 5.36. The van der Waals surface area contributed by atoms with E-state index in [1.54, 1.807) is 10.9 Å². The molecule has 1 saturated heterocycles. The second-order valence-corrected chi connectivity index (χ2v) is 8.02. The number of aliphatic hydroxyl groups is 1. The van der Waals surface area contributed by atoms with E-state index in [1.165, 1.54) is 6.26 Å². The number of nitrogens with zero attached hydrogens (tertiary/aromatic N) is 6. The van der Waals surface area contributed by atoms with Crippen LogP contribution in [0.3, 0.4) is 0 Å². The minimum atomic E-state index is -0.412. The molecule has 0 unspecified atom stereocenters. The Labute approximate surface area is 183 Å². The molecule has 10 nitrogen and oxygen atoms in total. The van der Waals surface area contributed by atoms with Crippen molar-refractivity contribution in [1.29, 1.82) is 0 Å². The van der Waals surface area contributed by atoms with Gasteiger partial charge >= 0.3 is 0 Å². The molecule has 1 amide bonds. The van der Waals surface area contributed by atoms with Crippen LogP contribution in [0, 0.1) is 6.92 Å². The highest BCUT2D eigenvalue weighted by atomic mass is 16.3. The lowest BCUT2D eigenvalue weighted by Crippen LogP contribution is -2.25. The van der Waals surface area contributed by atoms with Crippen LogP contribution in [0.4, 0.5) is 11.5 Å². The monoisotopic (exact) mass is 433 g/mol. The van der Waals surface area contributed by atoms with Gasteiger partial charge in [-0.25, -0.2) is 9.97 Å². The molecule has 2 N–H and O–H groups in total. The molecule has 0 aromatic carbocycles. The van der Waals surface area contributed by atoms with Crippen LogP contribution in [-0.2, 0) is 18.3 Å². The molecular formula is C22H23N7O3. The Morgan fingerprint density at radius 2 is 2.22 bits per heavy atom. The molecule has 32 heavy (non-hydrogen) atoms. The first-order valence-corrected chi connectivity index (χ1v) is 10.4. The molecule has 5 heterocycles. The van der Waals surface area contributed by atoms with Crippen molar-refractivity contribution < 1.29 is 14.3 Å². The molecule has 0 radical (unpaired) electrons. The highest BCUT2D eigenvalue weighted by Gasteiger charge is 2.25. The smallest absolute Gasteiger partial charge is 0.230 e. The van der Waals surface area contributed by atoms with Gasteiger partial charge in [0, 0.05) is 49.2 Å². The number of β-amino-alcohol motifs (C(OH)–C–C–N with tert-alkyl or cyclic N) is 1. The standard InChI is InChI=1S/C22H23N7O3/c1-13-7-14(3-5-23-13)22-24-16(12-32-22)9-19(31)25-18-8-15-10-28(2)27-20(15)26-21(18)29-6-4-17(30)11-29/h3,5,7-8,10,12,17,30H,4,6,9,11H2,1-2H3,(H,25,31)/t17-/m0/s1. The van der Waals surface area contributed by atoms with Crippen LogP contribution in [0.15, 0.2) is 41.3 Å². The number of rotatable bonds is 5. The summed E-state index contributed by atoms with van der Waals surface area (Å²) in [6.45, 7) is 3.02. The zero-order chi connectivity index (χ0) is 22.2. The van der Waals surface area contributed by atoms with Crippen LogP contribution in [0.25, 0.3) is 22.5 Å². The number of pyridine rings is 2. The number of oxazole rings is 1. The molecule has 1 atom stereocenters. The summed E-state index contributed by atoms with van der Waals surface area (Å²) < 4.78 is 7.24. The number of amides is 1. The largest absolute Gasteiger partial charge is 0.444 e. The van der Waals surface area contributed by atoms with Gasteiger partial charge in [0.25, 0.3) is 0 Å². The second kappa shape index (κ2) is 8.04. The van der Waals surface area contributed by atoms with Crippen molar-refractivity contribution in [3.63, 3.8) is 0 Å². The number of aryl methyl sites for hydroxylation is 2. The summed E-state index contributed by atoms with van der Waals surface area (Å²) in [6, 6.07) is 5.55. The molecule has 164 valence electrons. The average molecular weight is 433 g/mol. The Hall–Kier alpha value is -3.79. The maximum Gasteiger partial charge on any atom is 0.230 e. The summed E-state index contributed by atoms with van der Waals surface area (Å²) in [6.07, 6.45) is 5.34. The molecule has 10 heteroatoms. The summed E-state index contributed by atoms with van der Waals surface area (Å²) in [7, 11) is 1.83. The number of aromatic nitrogens is 5. The summed E-state index contributed by atoms with van der Waals surface area (Å²) in [5, 5.41) is 18.1. The molecule has 1 aliphatic rings. The SMILES string of the molecule is Cc1cc(-c2nc(CC(=O)Nc3cc4cn(C)nc4nc3N3CC[C@H](O)C3)co2)ccn1. The summed E-state index contributed by atoms with van der Waals surface area (Å²) in [5.41, 5.74) is 3.37. The van der Waals surface area contributed by atoms with Gasteiger partial charge in [0.1, 0.15) is 6.26 Å². The van der Waals surface area contributed by atoms with E-state index in [2.05, 4.69) is 25.4 Å². The number of carbonyl (C=O) groups excluding carboxylic acids is 1. The summed E-state index contributed by atoms with van der Waals surface area (Å²) in [5.74, 6) is 0.819. The van der Waals surface area contributed by atoms with Crippen molar-refractivity contribution in [2.75, 3.05) is 23.3 Å². The predicted molar refractivity (Wildman–Crippen MR) is 118 cm³/mol. The van der Waals surface area contributed by atoms with Crippen molar-refractivity contribution in [2.45, 2.75) is 25.9 Å². The number of carbonyl (C=O) groups is 1. The van der Waals surface area contributed by atoms with Gasteiger partial charge in [-0.15, -0.1) is 0 Å². The van der Waals surface area contributed by atoms with Gasteiger partial charge < -0.3 is 19.7 Å². The van der Waals surface area contributed by atoms with Gasteiger partial charge in [-0.1, -0.05) is 0 Å². The van der Waals surface area contributed by atoms with Gasteiger partial charge in [0.05, 0.1) is 23.9 Å². The summed E-state index contributed by atoms with van der Waals surface area (Å²) >= 11 is 0. The summed E-state index contributed by atoms with van der Waals surface area (Å²) in [4.78, 5) is 28.1. The van der Waals surface area contributed by atoms with Crippen LogP contribution in [0.2, 0.25) is 0 Å². The normalized spacial score (nSPS) is 16.1. The number of hydrogen-bond acceptors (Lipinski definition) is 8. The van der Waals surface area contributed by atoms with Crippen LogP contribution < -0.4 is 10.2 Å². The van der Waals surface area contributed by atoms with E-state index in [0.29, 0.717) is 48.2 Å². The zero-order valence-electron chi connectivity index (χ0n) is 17.8. The predicted octanol–water partition coefficient (Wildman–Crippen LogP) is 2.08. The van der Waals surface area contributed by atoms with Gasteiger partial charge in [0.15, 0.2) is 11.5 Å². The molecule has 0 spiro atoms. The molecule has 0 saturated carbocycles. The number of hydrogen-bond donors (Lipinski definition) is 2. The van der Waals surface area contributed by atoms with Crippen molar-refractivity contribution in [3.05, 3.63) is 48.2 Å². The number of nitrogens with one attached hydrogen (secondary N) is 1. The highest BCUT2D eigenvalue weighted by Crippen LogP contribution is 2.30. The van der Waals surface area contributed by atoms with E-state index in [4.69, 9.17) is 4.42 Å². The first kappa shape index (κ1) is 20.1. The molecule has 5 rings (SSSR count). The number of fused-ring (bicyclic) bond motifs is 1. The molecule has 1 fully saturated rings. The Morgan fingerprint density at radius 3 is 3.00 bits per heavy atom. The lowest BCUT2D eigenvalue weighted by Gasteiger charge is -2.20. The molecule has 4 aromatic rings. The third-order valence-electron chi connectivity index (χ3n) is 5.36. The number of anilines is 2. The molecule has 4 aromatic heterocycles. The molecule has 0 bridgehead atoms. The Balaban J connectivity index is 1.37. The quantitative estimate of drug-likeness (QED) is 0.491. The van der Waals surface area contributed by atoms with Gasteiger partial charge in [-0.2, -0.15) is 5.10 Å². The highest BCUT2D eigenvalue weighted by molar-refractivity contribution is 5.97. The lowest BCUT2D eigenvalue weighted by atomic mass is 10.2. The Morgan fingerprint density at radius 1 is 1.34 bits per heavy atom. The number of aliphatic hydroxyl groups excluding tert-OH is 1. The van der Waals surface area contributed by atoms with Crippen LogP contribution >= 0.6 is 0 Å². The fraction of sp³-hybridized carbons (Fsp3) is 0.318. The van der Waals surface area contributed by atoms with Gasteiger partial charge in [-0.3, -0.25) is 14.5 Å². The minimum absolute atomic E-state index is 0.0563. The fourth-order valence-corrected chi connectivity index (χ4v) is 3.89. The van der Waals surface area contributed by atoms with Crippen molar-refractivity contribution >= 4 is 28.4 Å². The van der Waals surface area contributed by atoms with E-state index in [1.807, 2.05) is 43.3 Å². The van der Waals surface area contributed by atoms with E-state index >= 15 is 0 Å². The Bertz CT molecular complexity index is 1300. The molecular weight excluding hydrogens is 410 g/mol. The van der Waals surface area contributed by atoms with Crippen LogP contribution in [-0.4, -0.2) is 54.9 Å². The van der Waals surface area contributed by atoms with E-state index < -0.39 is 6.10 Å². The first-order valence-electron chi connectivity index (χ1n) is 10.4. The average Bonchev–Trinajstić information content (AvgIpc) is 3.46. The third kappa shape index (κ3) is 4.04. The zero-order valence-corrected chi connectivity index (χ0v) is 17.8. The van der Waals surface area contributed by atoms with Gasteiger partial charge in [-0.05, 0) is 31.5 Å². The van der Waals surface area contributed by atoms with Crippen LogP contribution in [0.5, 0.6) is 0 Å². The lowest BCUT2D eigenvalue weighted by molar-refractivity contribution is -0.115. The van der Waals surface area contributed by atoms with E-state index in [-0.39, 0.29) is 12.3 Å². The first-order chi connectivity index (χ1) is 15.4. The molecule has 1 aliphatic heterocycles. The van der Waals surface area contributed by atoms with E-state index in [0.717, 1.165) is 16.6 Å². The Kier molecular flexibility index (Phi) is 5.06. The van der Waals surface area contributed by atoms with Gasteiger partial charge in [0.2, 0.25) is 11.8 Å². The second-order valence-electron chi connectivity index (χ2n) is 8.02. The van der Waals surface area contributed by atoms with Crippen molar-refractivity contribution in [1.82, 2.24) is 24.7 Å². The maximum atomic E-state index is 12.8. The maximum absolute atomic E-state index is 12.8.